The van der Waals surface area contributed by atoms with Gasteiger partial charge < -0.3 is 30.1 Å². The molecule has 158 valence electrons. The Balaban J connectivity index is 1.86. The van der Waals surface area contributed by atoms with Gasteiger partial charge in [-0.25, -0.2) is 9.97 Å². The number of rotatable bonds is 5. The number of fused-ring (bicyclic) bond motifs is 1. The number of aromatic amines is 1. The molecule has 12 nitrogen and oxygen atoms in total. The maximum Gasteiger partial charge on any atom is 0.269 e. The number of phenols is 1. The number of hydrogen-bond acceptors (Lipinski definition) is 10. The number of aromatic nitrogens is 4. The number of nitro groups is 1. The highest BCUT2D eigenvalue weighted by atomic mass is 32.1. The fraction of sp³-hybridized carbons (Fsp3) is 0.353. The Morgan fingerprint density at radius 1 is 1.33 bits per heavy atom. The van der Waals surface area contributed by atoms with Gasteiger partial charge in [0.2, 0.25) is 0 Å². The molecule has 1 aliphatic rings. The molecular weight excluding hydrogens is 418 g/mol. The summed E-state index contributed by atoms with van der Waals surface area (Å²) in [5.41, 5.74) is 0.622. The zero-order valence-electron chi connectivity index (χ0n) is 15.2. The van der Waals surface area contributed by atoms with E-state index >= 15 is 0 Å². The second kappa shape index (κ2) is 7.70. The highest BCUT2D eigenvalue weighted by Gasteiger charge is 2.44. The summed E-state index contributed by atoms with van der Waals surface area (Å²) in [4.78, 5) is 21.8. The molecule has 0 aliphatic carbocycles. The van der Waals surface area contributed by atoms with E-state index in [4.69, 9.17) is 17.0 Å². The fourth-order valence-corrected chi connectivity index (χ4v) is 3.66. The van der Waals surface area contributed by atoms with Gasteiger partial charge in [-0.2, -0.15) is 0 Å². The molecule has 4 rings (SSSR count). The van der Waals surface area contributed by atoms with Crippen molar-refractivity contribution in [3.05, 3.63) is 50.7 Å². The van der Waals surface area contributed by atoms with Gasteiger partial charge in [-0.05, 0) is 6.07 Å². The van der Waals surface area contributed by atoms with E-state index in [1.165, 1.54) is 29.1 Å². The summed E-state index contributed by atoms with van der Waals surface area (Å²) < 4.78 is 7.23. The molecule has 1 saturated heterocycles. The summed E-state index contributed by atoms with van der Waals surface area (Å²) in [6.07, 6.45) is -3.64. The van der Waals surface area contributed by atoms with Gasteiger partial charge >= 0.3 is 0 Å². The summed E-state index contributed by atoms with van der Waals surface area (Å²) in [6, 6.07) is 3.60. The molecule has 3 aromatic rings. The standard InChI is InChI=1S/C17H17N5O7S/c23-5-10-13(25)14(26)17(29-10)21-11(20-12-15(21)18-6-19-16(12)30)4-7-3-8(22(27)28)1-2-9(7)24/h1-3,6,10,13-14,17,23-26H,4-5H2,(H,18,19,30)/t10-,13-,14-,17-/m1/s1. The number of hydrogen-bond donors (Lipinski definition) is 5. The van der Waals surface area contributed by atoms with Gasteiger partial charge in [-0.1, -0.05) is 12.2 Å². The van der Waals surface area contributed by atoms with Crippen molar-refractivity contribution in [3.63, 3.8) is 0 Å². The highest BCUT2D eigenvalue weighted by molar-refractivity contribution is 7.71. The monoisotopic (exact) mass is 435 g/mol. The van der Waals surface area contributed by atoms with Crippen LogP contribution in [-0.2, 0) is 11.2 Å². The Bertz CT molecular complexity index is 1180. The third-order valence-electron chi connectivity index (χ3n) is 4.96. The van der Waals surface area contributed by atoms with E-state index in [9.17, 15) is 30.5 Å². The van der Waals surface area contributed by atoms with E-state index in [0.29, 0.717) is 5.65 Å². The zero-order chi connectivity index (χ0) is 21.6. The van der Waals surface area contributed by atoms with Crippen LogP contribution in [0.5, 0.6) is 5.75 Å². The first-order chi connectivity index (χ1) is 14.3. The number of aliphatic hydroxyl groups is 3. The van der Waals surface area contributed by atoms with Crippen LogP contribution in [0.2, 0.25) is 0 Å². The van der Waals surface area contributed by atoms with Crippen LogP contribution in [0.4, 0.5) is 5.69 Å². The Morgan fingerprint density at radius 2 is 2.10 bits per heavy atom. The molecule has 0 unspecified atom stereocenters. The number of aliphatic hydroxyl groups excluding tert-OH is 3. The van der Waals surface area contributed by atoms with Crippen molar-refractivity contribution < 1.29 is 30.1 Å². The number of imidazole rings is 1. The van der Waals surface area contributed by atoms with Crippen LogP contribution in [-0.4, -0.2) is 69.8 Å². The van der Waals surface area contributed by atoms with Gasteiger partial charge in [-0.3, -0.25) is 14.7 Å². The smallest absolute Gasteiger partial charge is 0.269 e. The molecule has 13 heteroatoms. The number of ether oxygens (including phenoxy) is 1. The summed E-state index contributed by atoms with van der Waals surface area (Å²) in [6.45, 7) is -0.514. The number of benzene rings is 1. The minimum absolute atomic E-state index is 0.0721. The summed E-state index contributed by atoms with van der Waals surface area (Å²) in [7, 11) is 0. The molecule has 0 spiro atoms. The van der Waals surface area contributed by atoms with Crippen molar-refractivity contribution in [1.82, 2.24) is 19.5 Å². The van der Waals surface area contributed by atoms with Gasteiger partial charge in [0.05, 0.1) is 17.9 Å². The largest absolute Gasteiger partial charge is 0.508 e. The number of nitro benzene ring substituents is 1. The lowest BCUT2D eigenvalue weighted by Crippen LogP contribution is -2.33. The maximum absolute atomic E-state index is 11.1. The van der Waals surface area contributed by atoms with Crippen molar-refractivity contribution in [1.29, 1.82) is 0 Å². The topological polar surface area (TPSA) is 180 Å². The second-order valence-corrected chi connectivity index (χ2v) is 7.17. The van der Waals surface area contributed by atoms with Crippen LogP contribution in [0, 0.1) is 14.8 Å². The molecule has 0 radical (unpaired) electrons. The Hall–Kier alpha value is -2.97. The van der Waals surface area contributed by atoms with Gasteiger partial charge in [0, 0.05) is 24.1 Å². The highest BCUT2D eigenvalue weighted by Crippen LogP contribution is 2.34. The Morgan fingerprint density at radius 3 is 2.77 bits per heavy atom. The van der Waals surface area contributed by atoms with E-state index in [1.54, 1.807) is 0 Å². The number of non-ortho nitro benzene ring substituents is 1. The van der Waals surface area contributed by atoms with Crippen LogP contribution < -0.4 is 0 Å². The molecule has 1 aromatic carbocycles. The summed E-state index contributed by atoms with van der Waals surface area (Å²) >= 11 is 5.21. The number of aromatic hydroxyl groups is 1. The van der Waals surface area contributed by atoms with Gasteiger partial charge in [0.15, 0.2) is 10.9 Å². The molecule has 1 aliphatic heterocycles. The Labute approximate surface area is 173 Å². The lowest BCUT2D eigenvalue weighted by molar-refractivity contribution is -0.384. The molecule has 4 atom stereocenters. The van der Waals surface area contributed by atoms with Crippen molar-refractivity contribution in [3.8, 4) is 5.75 Å². The molecular formula is C17H17N5O7S. The van der Waals surface area contributed by atoms with E-state index in [0.717, 1.165) is 0 Å². The van der Waals surface area contributed by atoms with Crippen LogP contribution in [0.1, 0.15) is 17.6 Å². The third kappa shape index (κ3) is 3.32. The second-order valence-electron chi connectivity index (χ2n) is 6.78. The lowest BCUT2D eigenvalue weighted by atomic mass is 10.1. The first-order valence-electron chi connectivity index (χ1n) is 8.85. The third-order valence-corrected chi connectivity index (χ3v) is 5.26. The molecule has 0 saturated carbocycles. The quantitative estimate of drug-likeness (QED) is 0.212. The first-order valence-corrected chi connectivity index (χ1v) is 9.26. The average molecular weight is 435 g/mol. The Kier molecular flexibility index (Phi) is 5.21. The maximum atomic E-state index is 11.1. The normalized spacial score (nSPS) is 23.8. The number of phenolic OH excluding ortho intramolecular Hbond substituents is 1. The molecule has 0 amide bonds. The molecule has 3 heterocycles. The average Bonchev–Trinajstić information content (AvgIpc) is 3.21. The van der Waals surface area contributed by atoms with Crippen molar-refractivity contribution in [2.75, 3.05) is 6.61 Å². The molecule has 30 heavy (non-hydrogen) atoms. The molecule has 0 bridgehead atoms. The molecule has 2 aromatic heterocycles. The SMILES string of the molecule is O=[N+]([O-])c1ccc(O)c(Cc2nc3c(=S)nc[nH]c3n2[C@@H]2O[C@H](CO)[C@@H](O)[C@H]2O)c1. The van der Waals surface area contributed by atoms with Crippen LogP contribution in [0.15, 0.2) is 24.5 Å². The number of nitrogens with one attached hydrogen (secondary N) is 1. The molecule has 5 N–H and O–H groups in total. The van der Waals surface area contributed by atoms with E-state index in [-0.39, 0.29) is 39.4 Å². The van der Waals surface area contributed by atoms with Crippen molar-refractivity contribution >= 4 is 29.1 Å². The number of H-pyrrole nitrogens is 1. The van der Waals surface area contributed by atoms with E-state index in [2.05, 4.69) is 15.0 Å². The van der Waals surface area contributed by atoms with Gasteiger partial charge in [-0.15, -0.1) is 0 Å². The van der Waals surface area contributed by atoms with Gasteiger partial charge in [0.25, 0.3) is 5.69 Å². The zero-order valence-corrected chi connectivity index (χ0v) is 16.1. The summed E-state index contributed by atoms with van der Waals surface area (Å²) in [5, 5.41) is 51.3. The lowest BCUT2D eigenvalue weighted by Gasteiger charge is -2.20. The predicted molar refractivity (Wildman–Crippen MR) is 103 cm³/mol. The van der Waals surface area contributed by atoms with E-state index in [1.807, 2.05) is 0 Å². The minimum Gasteiger partial charge on any atom is -0.508 e. The minimum atomic E-state index is -1.40. The van der Waals surface area contributed by atoms with Crippen molar-refractivity contribution in [2.45, 2.75) is 31.0 Å². The fourth-order valence-electron chi connectivity index (χ4n) is 3.47. The predicted octanol–water partition coefficient (Wildman–Crippen LogP) is 0.305. The van der Waals surface area contributed by atoms with Crippen LogP contribution in [0.25, 0.3) is 11.2 Å². The molecule has 1 fully saturated rings. The summed E-state index contributed by atoms with van der Waals surface area (Å²) in [5.74, 6) is 0.0621. The first kappa shape index (κ1) is 20.3. The number of nitrogens with zero attached hydrogens (tertiary/aromatic N) is 4. The van der Waals surface area contributed by atoms with Gasteiger partial charge in [0.1, 0.15) is 41.0 Å². The van der Waals surface area contributed by atoms with Crippen LogP contribution in [0.3, 0.4) is 0 Å². The van der Waals surface area contributed by atoms with Crippen LogP contribution >= 0.6 is 12.2 Å². The van der Waals surface area contributed by atoms with Crippen molar-refractivity contribution in [2.24, 2.45) is 0 Å². The van der Waals surface area contributed by atoms with E-state index < -0.39 is 36.1 Å².